The van der Waals surface area contributed by atoms with Gasteiger partial charge in [-0.15, -0.1) is 11.8 Å². The molecule has 0 atom stereocenters. The summed E-state index contributed by atoms with van der Waals surface area (Å²) in [6.07, 6.45) is 0. The highest BCUT2D eigenvalue weighted by Crippen LogP contribution is 2.34. The fraction of sp³-hybridized carbons (Fsp3) is 0.235. The lowest BCUT2D eigenvalue weighted by atomic mass is 10.1. The predicted octanol–water partition coefficient (Wildman–Crippen LogP) is 4.45. The Morgan fingerprint density at radius 3 is 2.62 bits per heavy atom. The Kier molecular flexibility index (Phi) is 3.88. The zero-order chi connectivity index (χ0) is 14.8. The van der Waals surface area contributed by atoms with Crippen molar-refractivity contribution in [2.45, 2.75) is 18.7 Å². The number of fused-ring (bicyclic) bond motifs is 1. The van der Waals surface area contributed by atoms with E-state index in [-0.39, 0.29) is 6.03 Å². The Morgan fingerprint density at radius 2 is 1.86 bits per heavy atom. The predicted molar refractivity (Wildman–Crippen MR) is 89.4 cm³/mol. The molecule has 1 aliphatic rings. The molecule has 3 nitrogen and oxygen atoms in total. The Hall–Kier alpha value is -1.94. The smallest absolute Gasteiger partial charge is 0.308 e. The fourth-order valence-electron chi connectivity index (χ4n) is 2.62. The van der Waals surface area contributed by atoms with Crippen LogP contribution < -0.4 is 10.2 Å². The average molecular weight is 298 g/mol. The van der Waals surface area contributed by atoms with Crippen LogP contribution in [0.1, 0.15) is 11.1 Å². The van der Waals surface area contributed by atoms with E-state index in [0.29, 0.717) is 0 Å². The van der Waals surface area contributed by atoms with Crippen molar-refractivity contribution < 1.29 is 4.79 Å². The highest BCUT2D eigenvalue weighted by Gasteiger charge is 2.22. The minimum Gasteiger partial charge on any atom is -0.308 e. The number of nitrogens with one attached hydrogen (secondary N) is 1. The zero-order valence-corrected chi connectivity index (χ0v) is 13.0. The van der Waals surface area contributed by atoms with Crippen molar-refractivity contribution in [1.82, 2.24) is 0 Å². The molecule has 1 heterocycles. The number of carbonyl (C=O) groups is 1. The maximum Gasteiger partial charge on any atom is 0.326 e. The molecule has 4 heteroatoms. The first kappa shape index (κ1) is 14.0. The van der Waals surface area contributed by atoms with E-state index in [0.717, 1.165) is 34.8 Å². The fourth-order valence-corrected chi connectivity index (χ4v) is 3.61. The topological polar surface area (TPSA) is 32.3 Å². The molecule has 0 radical (unpaired) electrons. The number of hydrogen-bond acceptors (Lipinski definition) is 2. The van der Waals surface area contributed by atoms with E-state index in [1.165, 1.54) is 4.90 Å². The van der Waals surface area contributed by atoms with Crippen LogP contribution >= 0.6 is 11.8 Å². The lowest BCUT2D eigenvalue weighted by Gasteiger charge is -2.29. The molecule has 0 aliphatic carbocycles. The number of rotatable bonds is 1. The van der Waals surface area contributed by atoms with Crippen molar-refractivity contribution in [2.24, 2.45) is 0 Å². The van der Waals surface area contributed by atoms with Crippen LogP contribution in [-0.4, -0.2) is 18.3 Å². The van der Waals surface area contributed by atoms with Gasteiger partial charge >= 0.3 is 6.03 Å². The molecule has 1 N–H and O–H groups in total. The van der Waals surface area contributed by atoms with Crippen LogP contribution in [0.25, 0.3) is 0 Å². The van der Waals surface area contributed by atoms with Crippen LogP contribution in [0.5, 0.6) is 0 Å². The van der Waals surface area contributed by atoms with Gasteiger partial charge in [0.15, 0.2) is 0 Å². The molecule has 1 aliphatic heterocycles. The summed E-state index contributed by atoms with van der Waals surface area (Å²) < 4.78 is 0. The molecule has 21 heavy (non-hydrogen) atoms. The van der Waals surface area contributed by atoms with Gasteiger partial charge in [0.1, 0.15) is 0 Å². The maximum absolute atomic E-state index is 12.6. The molecule has 0 saturated carbocycles. The zero-order valence-electron chi connectivity index (χ0n) is 12.2. The number of hydrogen-bond donors (Lipinski definition) is 1. The average Bonchev–Trinajstić information content (AvgIpc) is 2.45. The summed E-state index contributed by atoms with van der Waals surface area (Å²) in [6, 6.07) is 14.1. The van der Waals surface area contributed by atoms with Crippen LogP contribution in [0.15, 0.2) is 47.4 Å². The van der Waals surface area contributed by atoms with Crippen molar-refractivity contribution in [2.75, 3.05) is 22.5 Å². The van der Waals surface area contributed by atoms with Gasteiger partial charge in [0, 0.05) is 22.9 Å². The third kappa shape index (κ3) is 3.05. The van der Waals surface area contributed by atoms with Gasteiger partial charge < -0.3 is 5.32 Å². The molecule has 2 aromatic rings. The molecular formula is C17H18N2OS. The van der Waals surface area contributed by atoms with Crippen molar-refractivity contribution in [3.05, 3.63) is 53.6 Å². The van der Waals surface area contributed by atoms with E-state index >= 15 is 0 Å². The standard InChI is InChI=1S/C17H18N2OS/c1-12-9-13(2)11-14(10-12)18-17(20)19-7-8-21-16-6-4-3-5-15(16)19/h3-6,9-11H,7-8H2,1-2H3,(H,18,20). The maximum atomic E-state index is 12.6. The summed E-state index contributed by atoms with van der Waals surface area (Å²) in [5.41, 5.74) is 4.16. The third-order valence-electron chi connectivity index (χ3n) is 3.45. The second kappa shape index (κ2) is 5.82. The van der Waals surface area contributed by atoms with E-state index in [4.69, 9.17) is 0 Å². The molecule has 0 saturated heterocycles. The number of aryl methyl sites for hydroxylation is 2. The van der Waals surface area contributed by atoms with Gasteiger partial charge in [0.25, 0.3) is 0 Å². The molecule has 0 aromatic heterocycles. The Balaban J connectivity index is 1.83. The minimum absolute atomic E-state index is 0.0623. The molecule has 0 unspecified atom stereocenters. The highest BCUT2D eigenvalue weighted by molar-refractivity contribution is 7.99. The lowest BCUT2D eigenvalue weighted by Crippen LogP contribution is -2.38. The van der Waals surface area contributed by atoms with E-state index in [9.17, 15) is 4.79 Å². The Bertz CT molecular complexity index is 664. The summed E-state index contributed by atoms with van der Waals surface area (Å²) in [6.45, 7) is 4.81. The summed E-state index contributed by atoms with van der Waals surface area (Å²) in [5, 5.41) is 3.01. The quantitative estimate of drug-likeness (QED) is 0.843. The highest BCUT2D eigenvalue weighted by atomic mass is 32.2. The molecule has 0 bridgehead atoms. The van der Waals surface area contributed by atoms with Gasteiger partial charge in [-0.05, 0) is 49.2 Å². The molecule has 108 valence electrons. The van der Waals surface area contributed by atoms with Crippen molar-refractivity contribution in [3.63, 3.8) is 0 Å². The van der Waals surface area contributed by atoms with Crippen LogP contribution in [0, 0.1) is 13.8 Å². The number of carbonyl (C=O) groups excluding carboxylic acids is 1. The second-order valence-corrected chi connectivity index (χ2v) is 6.41. The first-order valence-corrected chi connectivity index (χ1v) is 8.01. The summed E-state index contributed by atoms with van der Waals surface area (Å²) >= 11 is 1.80. The Labute approximate surface area is 129 Å². The third-order valence-corrected chi connectivity index (χ3v) is 4.49. The van der Waals surface area contributed by atoms with E-state index in [1.54, 1.807) is 11.8 Å². The second-order valence-electron chi connectivity index (χ2n) is 5.27. The van der Waals surface area contributed by atoms with Gasteiger partial charge in [0.2, 0.25) is 0 Å². The number of urea groups is 1. The lowest BCUT2D eigenvalue weighted by molar-refractivity contribution is 0.257. The van der Waals surface area contributed by atoms with Gasteiger partial charge in [-0.25, -0.2) is 4.79 Å². The van der Waals surface area contributed by atoms with Gasteiger partial charge in [-0.2, -0.15) is 0 Å². The molecule has 3 rings (SSSR count). The number of thioether (sulfide) groups is 1. The largest absolute Gasteiger partial charge is 0.326 e. The summed E-state index contributed by atoms with van der Waals surface area (Å²) in [4.78, 5) is 15.5. The van der Waals surface area contributed by atoms with Crippen molar-refractivity contribution in [1.29, 1.82) is 0 Å². The monoisotopic (exact) mass is 298 g/mol. The molecule has 2 amide bonds. The summed E-state index contributed by atoms with van der Waals surface area (Å²) in [7, 11) is 0. The molecule has 2 aromatic carbocycles. The van der Waals surface area contributed by atoms with Crippen LogP contribution in [-0.2, 0) is 0 Å². The van der Waals surface area contributed by atoms with E-state index in [2.05, 4.69) is 17.4 Å². The summed E-state index contributed by atoms with van der Waals surface area (Å²) in [5.74, 6) is 0.928. The van der Waals surface area contributed by atoms with Crippen LogP contribution in [0.3, 0.4) is 0 Å². The molecule has 0 spiro atoms. The van der Waals surface area contributed by atoms with Crippen molar-refractivity contribution >= 4 is 29.2 Å². The first-order chi connectivity index (χ1) is 10.1. The van der Waals surface area contributed by atoms with Gasteiger partial charge in [-0.3, -0.25) is 4.90 Å². The van der Waals surface area contributed by atoms with E-state index in [1.807, 2.05) is 49.1 Å². The number of para-hydroxylation sites is 1. The number of nitrogens with zero attached hydrogens (tertiary/aromatic N) is 1. The van der Waals surface area contributed by atoms with Crippen LogP contribution in [0.2, 0.25) is 0 Å². The van der Waals surface area contributed by atoms with Crippen molar-refractivity contribution in [3.8, 4) is 0 Å². The van der Waals surface area contributed by atoms with E-state index < -0.39 is 0 Å². The van der Waals surface area contributed by atoms with Gasteiger partial charge in [-0.1, -0.05) is 18.2 Å². The SMILES string of the molecule is Cc1cc(C)cc(NC(=O)N2CCSc3ccccc32)c1. The molecular weight excluding hydrogens is 280 g/mol. The Morgan fingerprint density at radius 1 is 1.14 bits per heavy atom. The molecule has 0 fully saturated rings. The normalized spacial score (nSPS) is 13.7. The van der Waals surface area contributed by atoms with Gasteiger partial charge in [0.05, 0.1) is 5.69 Å². The number of amides is 2. The number of anilines is 2. The minimum atomic E-state index is -0.0623. The first-order valence-electron chi connectivity index (χ1n) is 7.02. The van der Waals surface area contributed by atoms with Crippen LogP contribution in [0.4, 0.5) is 16.2 Å². The number of benzene rings is 2.